The number of carboxylic acid groups (broad SMARTS) is 1. The average Bonchev–Trinajstić information content (AvgIpc) is 2.77. The molecule has 0 radical (unpaired) electrons. The Balaban J connectivity index is 2.32. The number of aryl methyl sites for hydroxylation is 1. The van der Waals surface area contributed by atoms with Gasteiger partial charge < -0.3 is 14.7 Å². The third-order valence-corrected chi connectivity index (χ3v) is 2.82. The number of aliphatic carboxylic acids is 1. The summed E-state index contributed by atoms with van der Waals surface area (Å²) >= 11 is 0. The number of carbonyl (C=O) groups is 1. The van der Waals surface area contributed by atoms with Crippen LogP contribution in [0.4, 0.5) is 5.95 Å². The summed E-state index contributed by atoms with van der Waals surface area (Å²) in [6.07, 6.45) is 1.48. The first kappa shape index (κ1) is 11.6. The molecule has 0 aliphatic carbocycles. The van der Waals surface area contributed by atoms with Gasteiger partial charge in [-0.1, -0.05) is 0 Å². The molecule has 2 heterocycles. The Bertz CT molecular complexity index is 436. The summed E-state index contributed by atoms with van der Waals surface area (Å²) < 4.78 is 5.07. The van der Waals surface area contributed by atoms with E-state index < -0.39 is 12.0 Å². The number of hydrogen-bond donors (Lipinski definition) is 1. The van der Waals surface area contributed by atoms with Crippen molar-refractivity contribution in [1.29, 1.82) is 0 Å². The number of rotatable bonds is 3. The third kappa shape index (κ3) is 2.30. The van der Waals surface area contributed by atoms with Gasteiger partial charge in [0.05, 0.1) is 7.11 Å². The van der Waals surface area contributed by atoms with Gasteiger partial charge in [0, 0.05) is 18.3 Å². The molecule has 1 fully saturated rings. The van der Waals surface area contributed by atoms with E-state index in [1.807, 2.05) is 6.92 Å². The Labute approximate surface area is 99.2 Å². The van der Waals surface area contributed by atoms with Gasteiger partial charge in [0.1, 0.15) is 6.04 Å². The van der Waals surface area contributed by atoms with Crippen LogP contribution in [0, 0.1) is 6.92 Å². The van der Waals surface area contributed by atoms with E-state index >= 15 is 0 Å². The number of carboxylic acids is 1. The molecular weight excluding hydrogens is 222 g/mol. The predicted molar refractivity (Wildman–Crippen MR) is 61.3 cm³/mol. The van der Waals surface area contributed by atoms with E-state index in [4.69, 9.17) is 9.84 Å². The zero-order chi connectivity index (χ0) is 12.4. The highest BCUT2D eigenvalue weighted by Gasteiger charge is 2.32. The molecule has 1 saturated heterocycles. The molecule has 0 bridgehead atoms. The quantitative estimate of drug-likeness (QED) is 0.839. The zero-order valence-electron chi connectivity index (χ0n) is 9.88. The Kier molecular flexibility index (Phi) is 3.12. The Hall–Kier alpha value is -1.85. The van der Waals surface area contributed by atoms with Gasteiger partial charge in [-0.15, -0.1) is 0 Å². The third-order valence-electron chi connectivity index (χ3n) is 2.82. The minimum atomic E-state index is -0.827. The van der Waals surface area contributed by atoms with Gasteiger partial charge in [0.2, 0.25) is 11.8 Å². The molecule has 2 rings (SSSR count). The second-order valence-electron chi connectivity index (χ2n) is 4.04. The van der Waals surface area contributed by atoms with Crippen LogP contribution < -0.4 is 9.64 Å². The number of ether oxygens (including phenoxy) is 1. The van der Waals surface area contributed by atoms with Crippen molar-refractivity contribution < 1.29 is 14.6 Å². The SMILES string of the molecule is COc1cc(C)nc(N2CCCC2C(=O)O)n1. The normalized spacial score (nSPS) is 19.4. The minimum absolute atomic E-state index is 0.437. The number of aromatic nitrogens is 2. The maximum atomic E-state index is 11.1. The molecule has 0 amide bonds. The van der Waals surface area contributed by atoms with Crippen LogP contribution in [-0.2, 0) is 4.79 Å². The molecule has 1 aromatic rings. The van der Waals surface area contributed by atoms with E-state index in [0.29, 0.717) is 24.8 Å². The van der Waals surface area contributed by atoms with Crippen LogP contribution in [0.3, 0.4) is 0 Å². The summed E-state index contributed by atoms with van der Waals surface area (Å²) in [6, 6.07) is 1.19. The summed E-state index contributed by atoms with van der Waals surface area (Å²) in [6.45, 7) is 2.50. The molecule has 0 saturated carbocycles. The Morgan fingerprint density at radius 2 is 2.35 bits per heavy atom. The summed E-state index contributed by atoms with van der Waals surface area (Å²) in [4.78, 5) is 21.3. The monoisotopic (exact) mass is 237 g/mol. The molecular formula is C11H15N3O3. The lowest BCUT2D eigenvalue weighted by Crippen LogP contribution is -2.37. The largest absolute Gasteiger partial charge is 0.481 e. The Morgan fingerprint density at radius 1 is 1.59 bits per heavy atom. The average molecular weight is 237 g/mol. The van der Waals surface area contributed by atoms with Crippen molar-refractivity contribution in [3.8, 4) is 5.88 Å². The van der Waals surface area contributed by atoms with Gasteiger partial charge in [-0.3, -0.25) is 0 Å². The van der Waals surface area contributed by atoms with E-state index in [9.17, 15) is 4.79 Å². The molecule has 1 aliphatic heterocycles. The number of hydrogen-bond acceptors (Lipinski definition) is 5. The molecule has 1 unspecified atom stereocenters. The molecule has 0 aromatic carbocycles. The second-order valence-corrected chi connectivity index (χ2v) is 4.04. The fourth-order valence-electron chi connectivity index (χ4n) is 2.02. The van der Waals surface area contributed by atoms with Gasteiger partial charge in [0.25, 0.3) is 0 Å². The van der Waals surface area contributed by atoms with Crippen LogP contribution in [0.15, 0.2) is 6.07 Å². The highest BCUT2D eigenvalue weighted by molar-refractivity contribution is 5.78. The van der Waals surface area contributed by atoms with Gasteiger partial charge in [-0.05, 0) is 19.8 Å². The topological polar surface area (TPSA) is 75.5 Å². The summed E-state index contributed by atoms with van der Waals surface area (Å²) in [5.41, 5.74) is 0.767. The summed E-state index contributed by atoms with van der Waals surface area (Å²) in [7, 11) is 1.53. The smallest absolute Gasteiger partial charge is 0.326 e. The van der Waals surface area contributed by atoms with Crippen molar-refractivity contribution >= 4 is 11.9 Å². The van der Waals surface area contributed by atoms with E-state index in [1.165, 1.54) is 7.11 Å². The molecule has 17 heavy (non-hydrogen) atoms. The minimum Gasteiger partial charge on any atom is -0.481 e. The van der Waals surface area contributed by atoms with E-state index in [1.54, 1.807) is 11.0 Å². The van der Waals surface area contributed by atoms with Crippen molar-refractivity contribution in [3.05, 3.63) is 11.8 Å². The lowest BCUT2D eigenvalue weighted by molar-refractivity contribution is -0.138. The van der Waals surface area contributed by atoms with Gasteiger partial charge in [0.15, 0.2) is 0 Å². The fourth-order valence-corrected chi connectivity index (χ4v) is 2.02. The molecule has 0 spiro atoms. The highest BCUT2D eigenvalue weighted by atomic mass is 16.5. The van der Waals surface area contributed by atoms with Crippen LogP contribution in [0.2, 0.25) is 0 Å². The van der Waals surface area contributed by atoms with Crippen LogP contribution in [0.25, 0.3) is 0 Å². The summed E-state index contributed by atoms with van der Waals surface area (Å²) in [5.74, 6) is 0.0712. The molecule has 1 aliphatic rings. The maximum absolute atomic E-state index is 11.1. The first-order valence-electron chi connectivity index (χ1n) is 5.51. The maximum Gasteiger partial charge on any atom is 0.326 e. The zero-order valence-corrected chi connectivity index (χ0v) is 9.88. The molecule has 1 atom stereocenters. The summed E-state index contributed by atoms with van der Waals surface area (Å²) in [5, 5.41) is 9.11. The lowest BCUT2D eigenvalue weighted by Gasteiger charge is -2.21. The van der Waals surface area contributed by atoms with Gasteiger partial charge >= 0.3 is 5.97 Å². The first-order valence-corrected chi connectivity index (χ1v) is 5.51. The van der Waals surface area contributed by atoms with Crippen LogP contribution in [-0.4, -0.2) is 40.7 Å². The van der Waals surface area contributed by atoms with E-state index in [2.05, 4.69) is 9.97 Å². The molecule has 6 nitrogen and oxygen atoms in total. The van der Waals surface area contributed by atoms with Crippen LogP contribution in [0.5, 0.6) is 5.88 Å². The highest BCUT2D eigenvalue weighted by Crippen LogP contribution is 2.24. The number of nitrogens with zero attached hydrogens (tertiary/aromatic N) is 3. The molecule has 1 aromatic heterocycles. The van der Waals surface area contributed by atoms with Crippen molar-refractivity contribution in [2.24, 2.45) is 0 Å². The van der Waals surface area contributed by atoms with Crippen molar-refractivity contribution in [2.75, 3.05) is 18.6 Å². The fraction of sp³-hybridized carbons (Fsp3) is 0.545. The number of anilines is 1. The lowest BCUT2D eigenvalue weighted by atomic mass is 10.2. The van der Waals surface area contributed by atoms with E-state index in [0.717, 1.165) is 12.1 Å². The molecule has 92 valence electrons. The Morgan fingerprint density at radius 3 is 3.00 bits per heavy atom. The predicted octanol–water partition coefficient (Wildman–Crippen LogP) is 0.847. The van der Waals surface area contributed by atoms with Gasteiger partial charge in [-0.2, -0.15) is 4.98 Å². The van der Waals surface area contributed by atoms with Crippen molar-refractivity contribution in [3.63, 3.8) is 0 Å². The second kappa shape index (κ2) is 4.57. The molecule has 1 N–H and O–H groups in total. The molecule has 6 heteroatoms. The van der Waals surface area contributed by atoms with Crippen molar-refractivity contribution in [2.45, 2.75) is 25.8 Å². The van der Waals surface area contributed by atoms with Gasteiger partial charge in [-0.25, -0.2) is 9.78 Å². The standard InChI is InChI=1S/C11H15N3O3/c1-7-6-9(17-2)13-11(12-7)14-5-3-4-8(14)10(15)16/h6,8H,3-5H2,1-2H3,(H,15,16). The van der Waals surface area contributed by atoms with Crippen LogP contribution >= 0.6 is 0 Å². The number of methoxy groups -OCH3 is 1. The van der Waals surface area contributed by atoms with Crippen molar-refractivity contribution in [1.82, 2.24) is 9.97 Å². The van der Waals surface area contributed by atoms with Crippen LogP contribution in [0.1, 0.15) is 18.5 Å². The first-order chi connectivity index (χ1) is 8.11. The van der Waals surface area contributed by atoms with E-state index in [-0.39, 0.29) is 0 Å².